The molecule has 0 aliphatic carbocycles. The van der Waals surface area contributed by atoms with Crippen molar-refractivity contribution in [3.8, 4) is 16.9 Å². The van der Waals surface area contributed by atoms with Crippen molar-refractivity contribution in [2.75, 3.05) is 72.7 Å². The molecule has 0 aromatic heterocycles. The molecule has 1 unspecified atom stereocenters. The molecule has 137 heavy (non-hydrogen) atoms. The number of esters is 5. The van der Waals surface area contributed by atoms with Crippen molar-refractivity contribution in [1.82, 2.24) is 0 Å². The molecule has 23 nitrogen and oxygen atoms in total. The number of hydrogen-bond donors (Lipinski definition) is 0. The Labute approximate surface area is 833 Å². The first kappa shape index (κ1) is 123. The molecule has 0 aliphatic rings. The first-order valence-corrected chi connectivity index (χ1v) is 76.5. The zero-order chi connectivity index (χ0) is 103. The van der Waals surface area contributed by atoms with Crippen molar-refractivity contribution in [1.29, 1.82) is 0 Å². The van der Waals surface area contributed by atoms with Crippen molar-refractivity contribution in [2.45, 2.75) is 230 Å². The van der Waals surface area contributed by atoms with E-state index < -0.39 is 99.4 Å². The highest BCUT2D eigenvalue weighted by molar-refractivity contribution is 7.01. The Balaban J connectivity index is 0.000000446. The van der Waals surface area contributed by atoms with Crippen LogP contribution in [0.5, 0.6) is 5.75 Å². The molecule has 0 spiro atoms. The number of carbonyl (C=O) groups excluding carboxylic acids is 5. The fourth-order valence-corrected chi connectivity index (χ4v) is 55.4. The van der Waals surface area contributed by atoms with Gasteiger partial charge >= 0.3 is 73.6 Å². The summed E-state index contributed by atoms with van der Waals surface area (Å²) in [4.78, 5) is 57.7. The van der Waals surface area contributed by atoms with Gasteiger partial charge in [0.25, 0.3) is 0 Å². The van der Waals surface area contributed by atoms with E-state index in [1.807, 2.05) is 145 Å². The van der Waals surface area contributed by atoms with E-state index in [9.17, 15) is 24.0 Å². The fourth-order valence-electron chi connectivity index (χ4n) is 14.3. The minimum Gasteiger partial charge on any atom is -0.544 e. The van der Waals surface area contributed by atoms with Crippen LogP contribution >= 0.6 is 0 Å². The van der Waals surface area contributed by atoms with Gasteiger partial charge in [0.2, 0.25) is 8.32 Å². The zero-order valence-corrected chi connectivity index (χ0v) is 98.0. The summed E-state index contributed by atoms with van der Waals surface area (Å²) in [6.07, 6.45) is 4.79. The molecule has 7 aromatic rings. The second-order valence-corrected chi connectivity index (χ2v) is 78.7. The third kappa shape index (κ3) is 47.2. The number of ether oxygens (including phenoxy) is 5. The first-order valence-electron chi connectivity index (χ1n) is 47.7. The van der Waals surface area contributed by atoms with Crippen LogP contribution in [-0.2, 0) is 98.9 Å². The summed E-state index contributed by atoms with van der Waals surface area (Å²) in [7, 11) is -27.3. The Bertz CT molecular complexity index is 4620. The lowest BCUT2D eigenvalue weighted by molar-refractivity contribution is -0.139. The first-order chi connectivity index (χ1) is 64.5. The molecule has 0 fully saturated rings. The van der Waals surface area contributed by atoms with Gasteiger partial charge < -0.3 is 79.4 Å². The molecule has 7 rings (SSSR count). The zero-order valence-electron chi connectivity index (χ0n) is 87.0. The molecule has 0 radical (unpaired) electrons. The van der Waals surface area contributed by atoms with E-state index >= 15 is 0 Å². The minimum absolute atomic E-state index is 0.138. The summed E-state index contributed by atoms with van der Waals surface area (Å²) in [5.74, 6) is -0.867. The molecular formula is C103H162O23Si11. The van der Waals surface area contributed by atoms with Crippen molar-refractivity contribution in [2.24, 2.45) is 0 Å². The van der Waals surface area contributed by atoms with Crippen LogP contribution in [0.3, 0.4) is 0 Å². The average Bonchev–Trinajstić information content (AvgIpc) is 0.764. The van der Waals surface area contributed by atoms with Gasteiger partial charge in [0.1, 0.15) is 13.8 Å². The third-order valence-electron chi connectivity index (χ3n) is 20.0. The van der Waals surface area contributed by atoms with Gasteiger partial charge in [0.15, 0.2) is 33.3 Å². The lowest BCUT2D eigenvalue weighted by Gasteiger charge is -2.41. The van der Waals surface area contributed by atoms with Gasteiger partial charge in [-0.25, -0.2) is 24.0 Å². The van der Waals surface area contributed by atoms with Crippen molar-refractivity contribution < 1.29 is 103 Å². The lowest BCUT2D eigenvalue weighted by Crippen LogP contribution is -2.69. The van der Waals surface area contributed by atoms with Crippen LogP contribution < -0.4 is 30.4 Å². The van der Waals surface area contributed by atoms with Gasteiger partial charge in [0, 0.05) is 73.6 Å². The van der Waals surface area contributed by atoms with E-state index in [0.29, 0.717) is 101 Å². The molecule has 0 bridgehead atoms. The average molecular weight is 2080 g/mol. The monoisotopic (exact) mass is 2070 g/mol. The number of hydrogen-bond acceptors (Lipinski definition) is 23. The Hall–Kier alpha value is -7.70. The highest BCUT2D eigenvalue weighted by Gasteiger charge is 2.62. The van der Waals surface area contributed by atoms with Gasteiger partial charge in [-0.15, -0.1) is 0 Å². The molecule has 756 valence electrons. The van der Waals surface area contributed by atoms with Crippen LogP contribution in [0.1, 0.15) is 101 Å². The van der Waals surface area contributed by atoms with Gasteiger partial charge in [-0.05, 0) is 250 Å². The maximum Gasteiger partial charge on any atom is 0.670 e. The topological polar surface area (TPSA) is 251 Å². The number of benzene rings is 7. The quantitative estimate of drug-likeness (QED) is 0.0113. The van der Waals surface area contributed by atoms with E-state index in [0.717, 1.165) is 77.1 Å². The molecule has 1 atom stereocenters. The summed E-state index contributed by atoms with van der Waals surface area (Å²) in [6, 6.07) is 74.0. The predicted octanol–water partition coefficient (Wildman–Crippen LogP) is 21.5. The summed E-state index contributed by atoms with van der Waals surface area (Å²) >= 11 is 0. The normalized spacial score (nSPS) is 12.4. The minimum atomic E-state index is -3.71. The molecule has 34 heteroatoms. The second kappa shape index (κ2) is 61.9. The Morgan fingerprint density at radius 3 is 0.876 bits per heavy atom. The van der Waals surface area contributed by atoms with Crippen LogP contribution in [0.25, 0.3) is 11.1 Å². The van der Waals surface area contributed by atoms with Gasteiger partial charge in [-0.3, -0.25) is 0 Å². The standard InChI is InChI=1S/C25H46O10Si3.C20H24O3Si.C20H24O2Si.2C19H34O4Si3/c1-9-28-37(29-10-2,30-11-3)34-36(24-19-16-15-17-20-24,22-18-21-27-25(26)23(7)8)35-38(31-12-4,32-13-5)33-14-6;1-4-20(21)22-15-10-16-24(2,3)23-19-14-9-8-13-18(19)17-11-6-5-7-12-17;1-17(2)20(21)22-15-10-16-23(3,18-11-6-4-7-12-18)19-13-8-5-9-14-19;1-17(2)19(20)21-15-12-16-25(6,7)23-26(8,22-24(3,4)5)18-13-10-9-11-14-18;1-17(2)19(20)21-15-12-16-26(22-24(3,4)5,23-25(6,7)8)18-13-10-9-11-14-18/h15-17,19-20H,7,9-14,18,21-22H2,1-6,8H3;4-9,11-14H,1,10,15-16H2,2-3H3;4-9,11-14H,1,10,15-16H2,2-3H3;2*9-11,13-14H,1,12,15-16H2,2-8H3. The number of rotatable bonds is 57. The van der Waals surface area contributed by atoms with Gasteiger partial charge in [0.05, 0.1) is 33.0 Å². The smallest absolute Gasteiger partial charge is 0.544 e. The van der Waals surface area contributed by atoms with Gasteiger partial charge in [-0.2, -0.15) is 0 Å². The third-order valence-corrected chi connectivity index (χ3v) is 58.1. The maximum absolute atomic E-state index is 12.0. The Morgan fingerprint density at radius 1 is 0.292 bits per heavy atom. The fraction of sp³-hybridized carbons (Fsp3) is 0.447. The maximum atomic E-state index is 12.0. The van der Waals surface area contributed by atoms with Crippen LogP contribution in [0, 0.1) is 0 Å². The SMILES string of the molecule is C=C(C)C(=O)OCCC[Si](C)(C)O[Si](C)(O[Si](C)(C)C)c1ccccc1.C=C(C)C(=O)OCCC[Si](C)(c1ccccc1)c1ccccc1.C=C(C)C(=O)OCCC[Si](O[Si](C)(C)C)(O[Si](C)(C)C)c1ccccc1.C=C(C)C(=O)OCCC[Si](O[Si](OCC)(OCC)OCC)(O[Si](OCC)(OCC)OCC)c1ccccc1.C=CC(=O)OCCC[Si](C)(C)Oc1ccccc1-c1ccccc1. The van der Waals surface area contributed by atoms with E-state index in [1.54, 1.807) is 27.7 Å². The molecule has 0 saturated heterocycles. The highest BCUT2D eigenvalue weighted by atomic mass is 28.5. The van der Waals surface area contributed by atoms with E-state index in [2.05, 4.69) is 234 Å². The molecule has 0 N–H and O–H groups in total. The second-order valence-electron chi connectivity index (χ2n) is 37.2. The molecular weight excluding hydrogens is 1910 g/mol. The highest BCUT2D eigenvalue weighted by Crippen LogP contribution is 2.35. The van der Waals surface area contributed by atoms with E-state index in [-0.39, 0.29) is 30.5 Å². The Kier molecular flexibility index (Phi) is 55.8. The molecule has 0 heterocycles. The Morgan fingerprint density at radius 2 is 0.562 bits per heavy atom. The molecule has 0 amide bonds. The molecule has 0 aliphatic heterocycles. The van der Waals surface area contributed by atoms with E-state index in [4.69, 9.17) is 79.4 Å². The van der Waals surface area contributed by atoms with Gasteiger partial charge in [-0.1, -0.05) is 250 Å². The van der Waals surface area contributed by atoms with Crippen LogP contribution in [0.4, 0.5) is 0 Å². The summed E-state index contributed by atoms with van der Waals surface area (Å²) in [6.45, 7) is 72.4. The van der Waals surface area contributed by atoms with Crippen molar-refractivity contribution in [3.63, 3.8) is 0 Å². The van der Waals surface area contributed by atoms with Crippen LogP contribution in [-0.4, -0.2) is 196 Å². The largest absolute Gasteiger partial charge is 0.670 e. The summed E-state index contributed by atoms with van der Waals surface area (Å²) in [5.41, 5.74) is 3.90. The van der Waals surface area contributed by atoms with E-state index in [1.165, 1.54) is 21.6 Å². The van der Waals surface area contributed by atoms with Crippen molar-refractivity contribution in [3.05, 3.63) is 268 Å². The summed E-state index contributed by atoms with van der Waals surface area (Å²) < 4.78 is 110. The molecule has 7 aromatic carbocycles. The number of carbonyl (C=O) groups is 5. The van der Waals surface area contributed by atoms with Crippen LogP contribution in [0.2, 0.25) is 128 Å². The summed E-state index contributed by atoms with van der Waals surface area (Å²) in [5, 5.41) is 5.96. The molecule has 0 saturated carbocycles. The predicted molar refractivity (Wildman–Crippen MR) is 582 cm³/mol. The lowest BCUT2D eigenvalue weighted by atomic mass is 10.1. The van der Waals surface area contributed by atoms with Crippen LogP contribution in [0.15, 0.2) is 268 Å². The van der Waals surface area contributed by atoms with Crippen molar-refractivity contribution >= 4 is 149 Å². The number of para-hydroxylation sites is 1.